The van der Waals surface area contributed by atoms with Crippen molar-refractivity contribution in [2.24, 2.45) is 0 Å². The number of hydrogen-bond donors (Lipinski definition) is 1. The van der Waals surface area contributed by atoms with E-state index in [0.29, 0.717) is 10.6 Å². The number of hydrogen-bond acceptors (Lipinski definition) is 3. The topological polar surface area (TPSA) is 46.5 Å². The van der Waals surface area contributed by atoms with Gasteiger partial charge < -0.3 is 0 Å². The van der Waals surface area contributed by atoms with Crippen molar-refractivity contribution in [3.8, 4) is 5.75 Å². The monoisotopic (exact) mass is 448 g/mol. The maximum absolute atomic E-state index is 11.5. The predicted octanol–water partition coefficient (Wildman–Crippen LogP) is 5.51. The molecule has 0 radical (unpaired) electrons. The maximum atomic E-state index is 11.5. The molecule has 0 aliphatic heterocycles. The Morgan fingerprint density at radius 3 is 1.87 bits per heavy atom. The van der Waals surface area contributed by atoms with E-state index < -0.39 is 24.3 Å². The SMILES string of the molecule is CCC[CH2][Sn]([CH2]CCC)([CH2]CCC)[c]1cc(OC)c(C(=O)O)s1. The van der Waals surface area contributed by atoms with Crippen LogP contribution in [0.4, 0.5) is 0 Å². The van der Waals surface area contributed by atoms with Crippen molar-refractivity contribution in [3.05, 3.63) is 10.9 Å². The third-order valence-corrected chi connectivity index (χ3v) is 24.0. The van der Waals surface area contributed by atoms with Crippen LogP contribution in [0.25, 0.3) is 0 Å². The quantitative estimate of drug-likeness (QED) is 0.430. The van der Waals surface area contributed by atoms with Crippen LogP contribution < -0.4 is 7.63 Å². The number of thiophene rings is 1. The Balaban J connectivity index is 3.25. The molecule has 3 nitrogen and oxygen atoms in total. The molecule has 5 heteroatoms. The second-order valence-electron chi connectivity index (χ2n) is 6.40. The third-order valence-electron chi connectivity index (χ3n) is 4.66. The summed E-state index contributed by atoms with van der Waals surface area (Å²) < 4.78 is 10.8. The van der Waals surface area contributed by atoms with Crippen molar-refractivity contribution in [1.29, 1.82) is 0 Å². The van der Waals surface area contributed by atoms with E-state index in [1.165, 1.54) is 66.1 Å². The van der Waals surface area contributed by atoms with Gasteiger partial charge in [0, 0.05) is 0 Å². The molecule has 1 rings (SSSR count). The van der Waals surface area contributed by atoms with Gasteiger partial charge in [0.25, 0.3) is 0 Å². The van der Waals surface area contributed by atoms with Gasteiger partial charge in [-0.05, 0) is 0 Å². The van der Waals surface area contributed by atoms with Crippen molar-refractivity contribution >= 4 is 38.6 Å². The molecule has 1 aromatic heterocycles. The van der Waals surface area contributed by atoms with E-state index in [1.54, 1.807) is 7.11 Å². The predicted molar refractivity (Wildman–Crippen MR) is 102 cm³/mol. The van der Waals surface area contributed by atoms with Crippen molar-refractivity contribution in [1.82, 2.24) is 0 Å². The van der Waals surface area contributed by atoms with Crippen molar-refractivity contribution in [2.45, 2.75) is 72.6 Å². The molecule has 0 fully saturated rings. The zero-order chi connectivity index (χ0) is 17.3. The summed E-state index contributed by atoms with van der Waals surface area (Å²) in [6.45, 7) is 6.77. The van der Waals surface area contributed by atoms with Gasteiger partial charge in [-0.1, -0.05) is 0 Å². The van der Waals surface area contributed by atoms with Gasteiger partial charge in [-0.15, -0.1) is 0 Å². The Morgan fingerprint density at radius 2 is 1.57 bits per heavy atom. The molecule has 1 heterocycles. The Bertz CT molecular complexity index is 463. The van der Waals surface area contributed by atoms with E-state index in [4.69, 9.17) is 4.74 Å². The van der Waals surface area contributed by atoms with Gasteiger partial charge in [-0.25, -0.2) is 0 Å². The minimum absolute atomic E-state index is 0.396. The number of rotatable bonds is 12. The van der Waals surface area contributed by atoms with Gasteiger partial charge in [0.2, 0.25) is 0 Å². The molecule has 0 unspecified atom stereocenters. The second-order valence-corrected chi connectivity index (χ2v) is 21.6. The van der Waals surface area contributed by atoms with Gasteiger partial charge in [0.15, 0.2) is 0 Å². The number of ether oxygens (including phenoxy) is 1. The van der Waals surface area contributed by atoms with Crippen molar-refractivity contribution in [2.75, 3.05) is 7.11 Å². The van der Waals surface area contributed by atoms with Gasteiger partial charge in [-0.3, -0.25) is 0 Å². The van der Waals surface area contributed by atoms with E-state index in [1.807, 2.05) is 0 Å². The molecule has 1 aromatic rings. The van der Waals surface area contributed by atoms with Crippen LogP contribution in [-0.2, 0) is 0 Å². The van der Waals surface area contributed by atoms with Gasteiger partial charge in [0.1, 0.15) is 0 Å². The van der Waals surface area contributed by atoms with Crippen LogP contribution in [0.5, 0.6) is 5.75 Å². The molecule has 0 aliphatic rings. The van der Waals surface area contributed by atoms with Crippen LogP contribution in [0.15, 0.2) is 6.07 Å². The fourth-order valence-electron chi connectivity index (χ4n) is 3.23. The first-order chi connectivity index (χ1) is 11.0. The van der Waals surface area contributed by atoms with Crippen LogP contribution >= 0.6 is 11.3 Å². The molecular weight excluding hydrogens is 415 g/mol. The summed E-state index contributed by atoms with van der Waals surface area (Å²) in [5, 5.41) is 9.46. The zero-order valence-corrected chi connectivity index (χ0v) is 18.8. The molecule has 0 spiro atoms. The van der Waals surface area contributed by atoms with E-state index in [0.717, 1.165) is 0 Å². The Kier molecular flexibility index (Phi) is 9.59. The number of methoxy groups -OCH3 is 1. The second kappa shape index (κ2) is 10.6. The van der Waals surface area contributed by atoms with Crippen LogP contribution in [0.2, 0.25) is 13.3 Å². The molecule has 0 bridgehead atoms. The first-order valence-corrected chi connectivity index (χ1v) is 17.3. The summed E-state index contributed by atoms with van der Waals surface area (Å²) in [5.41, 5.74) is 0. The fraction of sp³-hybridized carbons (Fsp3) is 0.722. The normalized spacial score (nSPS) is 11.7. The van der Waals surface area contributed by atoms with Crippen molar-refractivity contribution in [3.63, 3.8) is 0 Å². The van der Waals surface area contributed by atoms with Crippen LogP contribution in [-0.4, -0.2) is 36.6 Å². The summed E-state index contributed by atoms with van der Waals surface area (Å²) in [6.07, 6.45) is 7.53. The Hall–Kier alpha value is -0.231. The first kappa shape index (κ1) is 20.8. The molecule has 0 aliphatic carbocycles. The minimum atomic E-state index is -2.53. The van der Waals surface area contributed by atoms with E-state index >= 15 is 0 Å². The number of unbranched alkanes of at least 4 members (excludes halogenated alkanes) is 3. The van der Waals surface area contributed by atoms with E-state index in [9.17, 15) is 9.90 Å². The first-order valence-electron chi connectivity index (χ1n) is 8.96. The third kappa shape index (κ3) is 5.66. The molecule has 1 N–H and O–H groups in total. The fourth-order valence-corrected chi connectivity index (χ4v) is 23.3. The summed E-state index contributed by atoms with van der Waals surface area (Å²) in [4.78, 5) is 11.9. The van der Waals surface area contributed by atoms with Crippen LogP contribution in [0, 0.1) is 0 Å². The molecule has 0 saturated heterocycles. The Morgan fingerprint density at radius 1 is 1.09 bits per heavy atom. The summed E-state index contributed by atoms with van der Waals surface area (Å²) in [7, 11) is 1.58. The van der Waals surface area contributed by atoms with E-state index in [-0.39, 0.29) is 0 Å². The number of carboxylic acids is 1. The van der Waals surface area contributed by atoms with Crippen molar-refractivity contribution < 1.29 is 14.6 Å². The summed E-state index contributed by atoms with van der Waals surface area (Å²) in [5.74, 6) is -0.275. The molecule has 132 valence electrons. The summed E-state index contributed by atoms with van der Waals surface area (Å²) >= 11 is -1.01. The van der Waals surface area contributed by atoms with Crippen LogP contribution in [0.3, 0.4) is 0 Å². The molecular formula is C18H32O3SSn. The van der Waals surface area contributed by atoms with Gasteiger partial charge in [0.05, 0.1) is 0 Å². The number of aromatic carboxylic acids is 1. The molecule has 23 heavy (non-hydrogen) atoms. The van der Waals surface area contributed by atoms with Gasteiger partial charge in [-0.2, -0.15) is 0 Å². The zero-order valence-electron chi connectivity index (χ0n) is 15.1. The molecule has 0 atom stereocenters. The number of carboxylic acid groups (broad SMARTS) is 1. The summed E-state index contributed by atoms with van der Waals surface area (Å²) in [6, 6.07) is 2.09. The molecule has 0 saturated carbocycles. The number of carbonyl (C=O) groups is 1. The van der Waals surface area contributed by atoms with E-state index in [2.05, 4.69) is 26.8 Å². The van der Waals surface area contributed by atoms with Gasteiger partial charge >= 0.3 is 150 Å². The average molecular weight is 447 g/mol. The Labute approximate surface area is 149 Å². The molecule has 0 amide bonds. The molecule has 0 aromatic carbocycles. The van der Waals surface area contributed by atoms with Crippen LogP contribution in [0.1, 0.15) is 69.0 Å². The average Bonchev–Trinajstić information content (AvgIpc) is 2.99. The standard InChI is InChI=1S/C6H5O3S.3C4H9.Sn/c1-9-4-2-3-10-5(4)6(7)8;3*1-3-4-2;/h2H,1H3,(H,7,8);3*1,3-4H2,2H3;.